The second kappa shape index (κ2) is 5.92. The van der Waals surface area contributed by atoms with Gasteiger partial charge in [0.25, 0.3) is 5.91 Å². The van der Waals surface area contributed by atoms with Crippen molar-refractivity contribution in [1.82, 2.24) is 4.98 Å². The number of carbonyl (C=O) groups is 1. The molecule has 0 radical (unpaired) electrons. The molecule has 0 aliphatic carbocycles. The number of amides is 1. The summed E-state index contributed by atoms with van der Waals surface area (Å²) in [7, 11) is 1.55. The van der Waals surface area contributed by atoms with Gasteiger partial charge in [0.05, 0.1) is 24.6 Å². The SMILES string of the molecule is COc1ccc(Br)c(C(=O)Nc2ncc(N)cc2C)c1. The van der Waals surface area contributed by atoms with Crippen molar-refractivity contribution >= 4 is 33.3 Å². The molecule has 20 heavy (non-hydrogen) atoms. The monoisotopic (exact) mass is 335 g/mol. The molecule has 0 aliphatic heterocycles. The van der Waals surface area contributed by atoms with E-state index >= 15 is 0 Å². The highest BCUT2D eigenvalue weighted by molar-refractivity contribution is 9.10. The van der Waals surface area contributed by atoms with E-state index in [9.17, 15) is 4.79 Å². The number of hydrogen-bond acceptors (Lipinski definition) is 4. The van der Waals surface area contributed by atoms with Crippen LogP contribution in [0, 0.1) is 6.92 Å². The van der Waals surface area contributed by atoms with Crippen molar-refractivity contribution in [3.63, 3.8) is 0 Å². The van der Waals surface area contributed by atoms with Gasteiger partial charge in [-0.25, -0.2) is 4.98 Å². The zero-order valence-electron chi connectivity index (χ0n) is 11.1. The Kier molecular flexibility index (Phi) is 4.24. The van der Waals surface area contributed by atoms with Gasteiger partial charge in [0.2, 0.25) is 0 Å². The number of rotatable bonds is 3. The average molecular weight is 336 g/mol. The van der Waals surface area contributed by atoms with Gasteiger partial charge in [0, 0.05) is 4.47 Å². The van der Waals surface area contributed by atoms with Crippen molar-refractivity contribution in [2.24, 2.45) is 0 Å². The fraction of sp³-hybridized carbons (Fsp3) is 0.143. The first-order valence-corrected chi connectivity index (χ1v) is 6.67. The standard InChI is InChI=1S/C14H14BrN3O2/c1-8-5-9(16)7-17-13(8)18-14(19)11-6-10(20-2)3-4-12(11)15/h3-7H,16H2,1-2H3,(H,17,18,19). The highest BCUT2D eigenvalue weighted by atomic mass is 79.9. The Morgan fingerprint density at radius 2 is 2.15 bits per heavy atom. The molecule has 0 fully saturated rings. The Bertz CT molecular complexity index is 659. The number of carbonyl (C=O) groups excluding carboxylic acids is 1. The van der Waals surface area contributed by atoms with Crippen LogP contribution in [0.25, 0.3) is 0 Å². The number of methoxy groups -OCH3 is 1. The lowest BCUT2D eigenvalue weighted by Crippen LogP contribution is -2.14. The van der Waals surface area contributed by atoms with Crippen molar-refractivity contribution in [3.8, 4) is 5.75 Å². The van der Waals surface area contributed by atoms with E-state index in [1.807, 2.05) is 6.92 Å². The number of nitrogens with one attached hydrogen (secondary N) is 1. The number of nitrogens with two attached hydrogens (primary N) is 1. The molecule has 0 spiro atoms. The first kappa shape index (κ1) is 14.3. The maximum atomic E-state index is 12.3. The molecule has 0 saturated heterocycles. The normalized spacial score (nSPS) is 10.2. The molecule has 3 N–H and O–H groups in total. The molecule has 104 valence electrons. The van der Waals surface area contributed by atoms with Crippen molar-refractivity contribution in [2.45, 2.75) is 6.92 Å². The van der Waals surface area contributed by atoms with Crippen LogP contribution in [-0.4, -0.2) is 18.0 Å². The first-order valence-electron chi connectivity index (χ1n) is 5.88. The predicted octanol–water partition coefficient (Wildman–Crippen LogP) is 3.00. The topological polar surface area (TPSA) is 77.2 Å². The third-order valence-corrected chi connectivity index (χ3v) is 3.44. The molecular weight excluding hydrogens is 322 g/mol. The summed E-state index contributed by atoms with van der Waals surface area (Å²) in [5, 5.41) is 2.75. The highest BCUT2D eigenvalue weighted by Gasteiger charge is 2.13. The van der Waals surface area contributed by atoms with Gasteiger partial charge in [0.15, 0.2) is 0 Å². The van der Waals surface area contributed by atoms with Crippen molar-refractivity contribution in [2.75, 3.05) is 18.2 Å². The maximum Gasteiger partial charge on any atom is 0.258 e. The zero-order chi connectivity index (χ0) is 14.7. The van der Waals surface area contributed by atoms with E-state index in [-0.39, 0.29) is 5.91 Å². The van der Waals surface area contributed by atoms with Crippen LogP contribution in [0.15, 0.2) is 34.9 Å². The summed E-state index contributed by atoms with van der Waals surface area (Å²) in [6.45, 7) is 1.83. The summed E-state index contributed by atoms with van der Waals surface area (Å²) in [6, 6.07) is 6.94. The number of hydrogen-bond donors (Lipinski definition) is 2. The lowest BCUT2D eigenvalue weighted by molar-refractivity contribution is 0.102. The molecule has 6 heteroatoms. The molecule has 1 aromatic heterocycles. The minimum Gasteiger partial charge on any atom is -0.497 e. The smallest absolute Gasteiger partial charge is 0.258 e. The van der Waals surface area contributed by atoms with Crippen LogP contribution >= 0.6 is 15.9 Å². The summed E-state index contributed by atoms with van der Waals surface area (Å²) >= 11 is 3.35. The lowest BCUT2D eigenvalue weighted by Gasteiger charge is -2.10. The summed E-state index contributed by atoms with van der Waals surface area (Å²) in [4.78, 5) is 16.4. The van der Waals surface area contributed by atoms with Gasteiger partial charge < -0.3 is 15.8 Å². The number of aryl methyl sites for hydroxylation is 1. The Labute approximate surface area is 125 Å². The minimum absolute atomic E-state index is 0.267. The molecular formula is C14H14BrN3O2. The van der Waals surface area contributed by atoms with Crippen molar-refractivity contribution < 1.29 is 9.53 Å². The zero-order valence-corrected chi connectivity index (χ0v) is 12.7. The quantitative estimate of drug-likeness (QED) is 0.903. The van der Waals surface area contributed by atoms with Crippen molar-refractivity contribution in [1.29, 1.82) is 0 Å². The van der Waals surface area contributed by atoms with Crippen LogP contribution in [0.2, 0.25) is 0 Å². The first-order chi connectivity index (χ1) is 9.51. The number of halogens is 1. The minimum atomic E-state index is -0.267. The van der Waals surface area contributed by atoms with Gasteiger partial charge in [-0.1, -0.05) is 0 Å². The number of anilines is 2. The summed E-state index contributed by atoms with van der Waals surface area (Å²) in [5.41, 5.74) is 7.47. The van der Waals surface area contributed by atoms with Gasteiger partial charge in [-0.3, -0.25) is 4.79 Å². The molecule has 0 unspecified atom stereocenters. The summed E-state index contributed by atoms with van der Waals surface area (Å²) in [6.07, 6.45) is 1.50. The van der Waals surface area contributed by atoms with E-state index in [2.05, 4.69) is 26.2 Å². The van der Waals surface area contributed by atoms with E-state index in [4.69, 9.17) is 10.5 Å². The fourth-order valence-corrected chi connectivity index (χ4v) is 2.13. The summed E-state index contributed by atoms with van der Waals surface area (Å²) < 4.78 is 5.80. The molecule has 5 nitrogen and oxygen atoms in total. The number of benzene rings is 1. The van der Waals surface area contributed by atoms with Gasteiger partial charge in [0.1, 0.15) is 11.6 Å². The van der Waals surface area contributed by atoms with Crippen LogP contribution < -0.4 is 15.8 Å². The third-order valence-electron chi connectivity index (χ3n) is 2.75. The molecule has 2 aromatic rings. The number of pyridine rings is 1. The number of ether oxygens (including phenoxy) is 1. The van der Waals surface area contributed by atoms with Crippen LogP contribution in [-0.2, 0) is 0 Å². The largest absolute Gasteiger partial charge is 0.497 e. The number of aromatic nitrogens is 1. The van der Waals surface area contributed by atoms with Crippen molar-refractivity contribution in [3.05, 3.63) is 46.1 Å². The van der Waals surface area contributed by atoms with E-state index in [0.717, 1.165) is 5.56 Å². The lowest BCUT2D eigenvalue weighted by atomic mass is 10.2. The van der Waals surface area contributed by atoms with Gasteiger partial charge >= 0.3 is 0 Å². The second-order valence-corrected chi connectivity index (χ2v) is 5.09. The Morgan fingerprint density at radius 3 is 2.80 bits per heavy atom. The van der Waals surface area contributed by atoms with Crippen LogP contribution in [0.4, 0.5) is 11.5 Å². The molecule has 1 amide bonds. The predicted molar refractivity (Wildman–Crippen MR) is 82.0 cm³/mol. The summed E-state index contributed by atoms with van der Waals surface area (Å²) in [5.74, 6) is 0.829. The maximum absolute atomic E-state index is 12.3. The van der Waals surface area contributed by atoms with E-state index < -0.39 is 0 Å². The van der Waals surface area contributed by atoms with Gasteiger partial charge in [-0.2, -0.15) is 0 Å². The Morgan fingerprint density at radius 1 is 1.40 bits per heavy atom. The molecule has 1 heterocycles. The van der Waals surface area contributed by atoms with Crippen LogP contribution in [0.1, 0.15) is 15.9 Å². The molecule has 0 aliphatic rings. The van der Waals surface area contributed by atoms with Gasteiger partial charge in [-0.15, -0.1) is 0 Å². The van der Waals surface area contributed by atoms with Crippen LogP contribution in [0.3, 0.4) is 0 Å². The third kappa shape index (κ3) is 3.08. The number of nitrogen functional groups attached to an aromatic ring is 1. The molecule has 2 rings (SSSR count). The van der Waals surface area contributed by atoms with E-state index in [1.165, 1.54) is 6.20 Å². The Hall–Kier alpha value is -2.08. The molecule has 1 aromatic carbocycles. The second-order valence-electron chi connectivity index (χ2n) is 4.23. The van der Waals surface area contributed by atoms with Crippen LogP contribution in [0.5, 0.6) is 5.75 Å². The molecule has 0 atom stereocenters. The van der Waals surface area contributed by atoms with Gasteiger partial charge in [-0.05, 0) is 52.7 Å². The average Bonchev–Trinajstić information content (AvgIpc) is 2.42. The van der Waals surface area contributed by atoms with E-state index in [1.54, 1.807) is 31.4 Å². The number of nitrogens with zero attached hydrogens (tertiary/aromatic N) is 1. The molecule has 0 saturated carbocycles. The van der Waals surface area contributed by atoms with E-state index in [0.29, 0.717) is 27.3 Å². The Balaban J connectivity index is 2.28. The molecule has 0 bridgehead atoms. The highest BCUT2D eigenvalue weighted by Crippen LogP contribution is 2.24. The fourth-order valence-electron chi connectivity index (χ4n) is 1.71.